The Morgan fingerprint density at radius 3 is 2.53 bits per heavy atom. The van der Waals surface area contributed by atoms with Crippen molar-refractivity contribution in [2.24, 2.45) is 0 Å². The first-order chi connectivity index (χ1) is 8.84. The van der Waals surface area contributed by atoms with Crippen molar-refractivity contribution in [3.63, 3.8) is 0 Å². The van der Waals surface area contributed by atoms with E-state index in [1.54, 1.807) is 6.92 Å². The third kappa shape index (κ3) is 2.46. The van der Waals surface area contributed by atoms with E-state index in [1.807, 2.05) is 0 Å². The maximum absolute atomic E-state index is 12.5. The molecule has 0 aliphatic rings. The van der Waals surface area contributed by atoms with E-state index in [9.17, 15) is 18.0 Å². The number of carbonyl (C=O) groups is 1. The van der Waals surface area contributed by atoms with Crippen LogP contribution in [0.4, 0.5) is 13.2 Å². The van der Waals surface area contributed by atoms with Gasteiger partial charge in [0.15, 0.2) is 12.1 Å². The molecule has 0 N–H and O–H groups in total. The third-order valence-electron chi connectivity index (χ3n) is 2.52. The van der Waals surface area contributed by atoms with Crippen molar-refractivity contribution in [2.75, 3.05) is 0 Å². The summed E-state index contributed by atoms with van der Waals surface area (Å²) in [7, 11) is 0. The topological polar surface area (TPSA) is 47.8 Å². The van der Waals surface area contributed by atoms with E-state index in [0.29, 0.717) is 23.7 Å². The highest BCUT2D eigenvalue weighted by atomic mass is 35.5. The molecule has 0 atom stereocenters. The number of hydrogen-bond donors (Lipinski definition) is 0. The summed E-state index contributed by atoms with van der Waals surface area (Å²) in [6.45, 7) is 1.59. The summed E-state index contributed by atoms with van der Waals surface area (Å²) >= 11 is 5.78. The molecule has 0 aliphatic heterocycles. The highest BCUT2D eigenvalue weighted by Crippen LogP contribution is 2.32. The fourth-order valence-electron chi connectivity index (χ4n) is 1.49. The average Bonchev–Trinajstić information content (AvgIpc) is 2.69. The molecule has 8 heteroatoms. The van der Waals surface area contributed by atoms with Crippen LogP contribution in [0.2, 0.25) is 5.02 Å². The molecule has 2 heterocycles. The maximum Gasteiger partial charge on any atom is 0.417 e. The highest BCUT2D eigenvalue weighted by Gasteiger charge is 2.31. The summed E-state index contributed by atoms with van der Waals surface area (Å²) in [5, 5.41) is 3.67. The summed E-state index contributed by atoms with van der Waals surface area (Å²) in [5.41, 5.74) is -0.177. The smallest absolute Gasteiger partial charge is 0.298 e. The number of alkyl halides is 3. The molecular weight excluding hydrogens is 283 g/mol. The molecule has 0 fully saturated rings. The van der Waals surface area contributed by atoms with E-state index in [2.05, 4.69) is 10.1 Å². The van der Waals surface area contributed by atoms with Gasteiger partial charge in [0.05, 0.1) is 28.0 Å². The van der Waals surface area contributed by atoms with Gasteiger partial charge in [0.2, 0.25) is 0 Å². The van der Waals surface area contributed by atoms with E-state index < -0.39 is 11.7 Å². The number of rotatable bonds is 2. The Kier molecular flexibility index (Phi) is 3.32. The minimum atomic E-state index is -4.51. The molecule has 19 heavy (non-hydrogen) atoms. The summed E-state index contributed by atoms with van der Waals surface area (Å²) in [6.07, 6.45) is -1.96. The van der Waals surface area contributed by atoms with Crippen LogP contribution in [0.3, 0.4) is 0 Å². The van der Waals surface area contributed by atoms with Gasteiger partial charge in [-0.2, -0.15) is 18.3 Å². The van der Waals surface area contributed by atoms with Crippen LogP contribution in [0, 0.1) is 6.92 Å². The molecule has 0 aromatic carbocycles. The van der Waals surface area contributed by atoms with E-state index in [4.69, 9.17) is 11.6 Å². The van der Waals surface area contributed by atoms with Crippen LogP contribution in [0.15, 0.2) is 18.5 Å². The number of aldehydes is 1. The first-order valence-electron chi connectivity index (χ1n) is 5.07. The lowest BCUT2D eigenvalue weighted by atomic mass is 10.2. The third-order valence-corrected chi connectivity index (χ3v) is 2.80. The molecule has 0 aliphatic carbocycles. The fraction of sp³-hybridized carbons (Fsp3) is 0.182. The summed E-state index contributed by atoms with van der Waals surface area (Å²) in [6, 6.07) is 0.769. The van der Waals surface area contributed by atoms with Crippen LogP contribution in [0.1, 0.15) is 21.6 Å². The molecule has 0 amide bonds. The fourth-order valence-corrected chi connectivity index (χ4v) is 1.74. The van der Waals surface area contributed by atoms with Gasteiger partial charge in [-0.05, 0) is 13.0 Å². The van der Waals surface area contributed by atoms with Crippen molar-refractivity contribution in [2.45, 2.75) is 13.1 Å². The normalized spacial score (nSPS) is 11.6. The second kappa shape index (κ2) is 4.65. The molecule has 0 bridgehead atoms. The standard InChI is InChI=1S/C11H7ClF3N3O/c1-6-7(5-19)3-17-18(6)10-9(12)2-8(4-16-10)11(13,14)15/h2-5H,1H3. The lowest BCUT2D eigenvalue weighted by Gasteiger charge is -2.10. The average molecular weight is 290 g/mol. The molecule has 0 unspecified atom stereocenters. The number of carbonyl (C=O) groups excluding carboxylic acids is 1. The molecule has 2 aromatic heterocycles. The van der Waals surface area contributed by atoms with Gasteiger partial charge in [-0.25, -0.2) is 9.67 Å². The Labute approximate surface area is 110 Å². The van der Waals surface area contributed by atoms with Crippen LogP contribution in [-0.4, -0.2) is 21.1 Å². The minimum Gasteiger partial charge on any atom is -0.298 e. The van der Waals surface area contributed by atoms with Crippen LogP contribution in [0.5, 0.6) is 0 Å². The monoisotopic (exact) mass is 289 g/mol. The Hall–Kier alpha value is -1.89. The van der Waals surface area contributed by atoms with Crippen LogP contribution in [-0.2, 0) is 6.18 Å². The van der Waals surface area contributed by atoms with Crippen molar-refractivity contribution in [3.8, 4) is 5.82 Å². The van der Waals surface area contributed by atoms with Gasteiger partial charge >= 0.3 is 6.18 Å². The Morgan fingerprint density at radius 1 is 1.37 bits per heavy atom. The van der Waals surface area contributed by atoms with E-state index >= 15 is 0 Å². The number of nitrogens with zero attached hydrogens (tertiary/aromatic N) is 3. The first kappa shape index (κ1) is 13.5. The lowest BCUT2D eigenvalue weighted by Crippen LogP contribution is -2.09. The van der Waals surface area contributed by atoms with Gasteiger partial charge in [0, 0.05) is 6.20 Å². The van der Waals surface area contributed by atoms with Crippen LogP contribution >= 0.6 is 11.6 Å². The molecule has 0 saturated heterocycles. The van der Waals surface area contributed by atoms with Crippen molar-refractivity contribution in [1.29, 1.82) is 0 Å². The van der Waals surface area contributed by atoms with Gasteiger partial charge in [0.1, 0.15) is 0 Å². The SMILES string of the molecule is Cc1c(C=O)cnn1-c1ncc(C(F)(F)F)cc1Cl. The van der Waals surface area contributed by atoms with Gasteiger partial charge in [-0.1, -0.05) is 11.6 Å². The van der Waals surface area contributed by atoms with Gasteiger partial charge in [-0.3, -0.25) is 4.79 Å². The summed E-state index contributed by atoms with van der Waals surface area (Å²) in [5.74, 6) is 0.0419. The molecule has 0 spiro atoms. The second-order valence-corrected chi connectivity index (χ2v) is 4.15. The number of aromatic nitrogens is 3. The van der Waals surface area contributed by atoms with Crippen LogP contribution in [0.25, 0.3) is 5.82 Å². The molecule has 2 aromatic rings. The predicted molar refractivity (Wildman–Crippen MR) is 61.5 cm³/mol. The van der Waals surface area contributed by atoms with E-state index in [1.165, 1.54) is 10.9 Å². The molecular formula is C11H7ClF3N3O. The van der Waals surface area contributed by atoms with Gasteiger partial charge < -0.3 is 0 Å². The first-order valence-corrected chi connectivity index (χ1v) is 5.45. The minimum absolute atomic E-state index is 0.0419. The number of hydrogen-bond acceptors (Lipinski definition) is 3. The molecule has 100 valence electrons. The Bertz CT molecular complexity index is 637. The molecule has 0 radical (unpaired) electrons. The zero-order valence-corrected chi connectivity index (χ0v) is 10.3. The highest BCUT2D eigenvalue weighted by molar-refractivity contribution is 6.32. The van der Waals surface area contributed by atoms with Crippen molar-refractivity contribution >= 4 is 17.9 Å². The van der Waals surface area contributed by atoms with Gasteiger partial charge in [0.25, 0.3) is 0 Å². The van der Waals surface area contributed by atoms with Crippen LogP contribution < -0.4 is 0 Å². The second-order valence-electron chi connectivity index (χ2n) is 3.74. The van der Waals surface area contributed by atoms with Gasteiger partial charge in [-0.15, -0.1) is 0 Å². The Morgan fingerprint density at radius 2 is 2.05 bits per heavy atom. The zero-order valence-electron chi connectivity index (χ0n) is 9.57. The van der Waals surface area contributed by atoms with Crippen molar-refractivity contribution < 1.29 is 18.0 Å². The molecule has 0 saturated carbocycles. The number of pyridine rings is 1. The summed E-state index contributed by atoms with van der Waals surface area (Å²) in [4.78, 5) is 14.3. The summed E-state index contributed by atoms with van der Waals surface area (Å²) < 4.78 is 38.6. The van der Waals surface area contributed by atoms with E-state index in [0.717, 1.165) is 6.07 Å². The zero-order chi connectivity index (χ0) is 14.2. The predicted octanol–water partition coefficient (Wildman–Crippen LogP) is 3.06. The largest absolute Gasteiger partial charge is 0.417 e. The Balaban J connectivity index is 2.52. The number of halogens is 4. The van der Waals surface area contributed by atoms with Crippen molar-refractivity contribution in [1.82, 2.24) is 14.8 Å². The lowest BCUT2D eigenvalue weighted by molar-refractivity contribution is -0.137. The molecule has 2 rings (SSSR count). The maximum atomic E-state index is 12.5. The van der Waals surface area contributed by atoms with E-state index in [-0.39, 0.29) is 10.8 Å². The molecule has 4 nitrogen and oxygen atoms in total. The quantitative estimate of drug-likeness (QED) is 0.798. The van der Waals surface area contributed by atoms with Crippen molar-refractivity contribution in [3.05, 3.63) is 40.3 Å².